The van der Waals surface area contributed by atoms with Crippen LogP contribution in [0.2, 0.25) is 0 Å². The maximum absolute atomic E-state index is 12.6. The van der Waals surface area contributed by atoms with E-state index < -0.39 is 0 Å². The Morgan fingerprint density at radius 3 is 1.91 bits per heavy atom. The van der Waals surface area contributed by atoms with Gasteiger partial charge in [-0.05, 0) is 32.9 Å². The van der Waals surface area contributed by atoms with Gasteiger partial charge >= 0.3 is 0 Å². The van der Waals surface area contributed by atoms with Gasteiger partial charge in [0.05, 0.1) is 20.8 Å². The second-order valence-corrected chi connectivity index (χ2v) is 5.23. The summed E-state index contributed by atoms with van der Waals surface area (Å²) < 4.78 is 10.6. The summed E-state index contributed by atoms with van der Waals surface area (Å²) in [7, 11) is 4.70. The third kappa shape index (κ3) is 4.37. The van der Waals surface area contributed by atoms with E-state index in [1.807, 2.05) is 20.8 Å². The first-order valence-electron chi connectivity index (χ1n) is 7.65. The Morgan fingerprint density at radius 2 is 1.52 bits per heavy atom. The molecular weight excluding hydrogens is 296 g/mol. The number of carbonyl (C=O) groups excluding carboxylic acids is 2. The second-order valence-electron chi connectivity index (χ2n) is 5.23. The van der Waals surface area contributed by atoms with Gasteiger partial charge in [-0.15, -0.1) is 0 Å². The Hall–Kier alpha value is -2.24. The van der Waals surface area contributed by atoms with E-state index in [9.17, 15) is 9.59 Å². The zero-order chi connectivity index (χ0) is 17.6. The van der Waals surface area contributed by atoms with E-state index in [0.717, 1.165) is 5.56 Å². The molecule has 0 atom stereocenters. The summed E-state index contributed by atoms with van der Waals surface area (Å²) in [5, 5.41) is 0. The van der Waals surface area contributed by atoms with Crippen molar-refractivity contribution in [3.8, 4) is 11.5 Å². The molecule has 0 saturated heterocycles. The number of methoxy groups -OCH3 is 2. The van der Waals surface area contributed by atoms with E-state index in [4.69, 9.17) is 9.47 Å². The number of ether oxygens (including phenoxy) is 2. The lowest BCUT2D eigenvalue weighted by atomic mass is 10.1. The van der Waals surface area contributed by atoms with Crippen LogP contribution in [0, 0.1) is 6.92 Å². The molecule has 0 aromatic heterocycles. The Balaban J connectivity index is 2.98. The highest BCUT2D eigenvalue weighted by Gasteiger charge is 2.20. The lowest BCUT2D eigenvalue weighted by molar-refractivity contribution is -0.131. The molecule has 128 valence electrons. The fraction of sp³-hybridized carbons (Fsp3) is 0.529. The minimum absolute atomic E-state index is 0.0407. The van der Waals surface area contributed by atoms with Gasteiger partial charge in [0.1, 0.15) is 11.5 Å². The monoisotopic (exact) mass is 322 g/mol. The third-order valence-electron chi connectivity index (χ3n) is 3.83. The highest BCUT2D eigenvalue weighted by atomic mass is 16.5. The first kappa shape index (κ1) is 18.8. The standard InChI is InChI=1S/C17H26N2O4/c1-7-19(8-2)16(20)11-18(4)17(21)13-9-14(22-5)12(3)15(10-13)23-6/h9-10H,7-8,11H2,1-6H3. The van der Waals surface area contributed by atoms with Crippen LogP contribution in [0.25, 0.3) is 0 Å². The van der Waals surface area contributed by atoms with E-state index in [1.165, 1.54) is 4.90 Å². The highest BCUT2D eigenvalue weighted by Crippen LogP contribution is 2.29. The van der Waals surface area contributed by atoms with Crippen LogP contribution in [0.3, 0.4) is 0 Å². The number of benzene rings is 1. The van der Waals surface area contributed by atoms with Gasteiger partial charge in [-0.1, -0.05) is 0 Å². The molecule has 0 aliphatic heterocycles. The summed E-state index contributed by atoms with van der Waals surface area (Å²) in [4.78, 5) is 27.8. The first-order chi connectivity index (χ1) is 10.9. The molecule has 23 heavy (non-hydrogen) atoms. The number of hydrogen-bond donors (Lipinski definition) is 0. The summed E-state index contributed by atoms with van der Waals surface area (Å²) in [5.41, 5.74) is 1.26. The minimum Gasteiger partial charge on any atom is -0.496 e. The molecule has 6 nitrogen and oxygen atoms in total. The van der Waals surface area contributed by atoms with Crippen molar-refractivity contribution < 1.29 is 19.1 Å². The Labute approximate surface area is 138 Å². The van der Waals surface area contributed by atoms with Crippen molar-refractivity contribution in [1.82, 2.24) is 9.80 Å². The fourth-order valence-corrected chi connectivity index (χ4v) is 2.38. The molecule has 1 aromatic carbocycles. The molecule has 0 fully saturated rings. The van der Waals surface area contributed by atoms with Crippen LogP contribution in [0.1, 0.15) is 29.8 Å². The smallest absolute Gasteiger partial charge is 0.254 e. The molecule has 0 N–H and O–H groups in total. The van der Waals surface area contributed by atoms with Gasteiger partial charge in [0, 0.05) is 31.3 Å². The van der Waals surface area contributed by atoms with Gasteiger partial charge in [0.15, 0.2) is 0 Å². The van der Waals surface area contributed by atoms with Crippen molar-refractivity contribution in [2.75, 3.05) is 40.9 Å². The summed E-state index contributed by atoms with van der Waals surface area (Å²) in [5.74, 6) is 0.839. The average molecular weight is 322 g/mol. The van der Waals surface area contributed by atoms with Crippen molar-refractivity contribution in [1.29, 1.82) is 0 Å². The Kier molecular flexibility index (Phi) is 6.88. The maximum atomic E-state index is 12.6. The van der Waals surface area contributed by atoms with E-state index >= 15 is 0 Å². The molecule has 0 aliphatic rings. The number of hydrogen-bond acceptors (Lipinski definition) is 4. The molecular formula is C17H26N2O4. The lowest BCUT2D eigenvalue weighted by Crippen LogP contribution is -2.41. The van der Waals surface area contributed by atoms with E-state index in [2.05, 4.69) is 0 Å². The molecule has 0 unspecified atom stereocenters. The van der Waals surface area contributed by atoms with Crippen LogP contribution in [-0.4, -0.2) is 62.5 Å². The summed E-state index contributed by atoms with van der Waals surface area (Å²) >= 11 is 0. The molecule has 0 aliphatic carbocycles. The molecule has 6 heteroatoms. The molecule has 2 amide bonds. The highest BCUT2D eigenvalue weighted by molar-refractivity contribution is 5.97. The predicted octanol–water partition coefficient (Wildman–Crippen LogP) is 1.95. The van der Waals surface area contributed by atoms with E-state index in [-0.39, 0.29) is 18.4 Å². The van der Waals surface area contributed by atoms with Crippen LogP contribution in [0.4, 0.5) is 0 Å². The topological polar surface area (TPSA) is 59.1 Å². The van der Waals surface area contributed by atoms with Crippen LogP contribution in [0.15, 0.2) is 12.1 Å². The van der Waals surface area contributed by atoms with Gasteiger partial charge in [0.25, 0.3) is 5.91 Å². The van der Waals surface area contributed by atoms with Gasteiger partial charge in [-0.3, -0.25) is 9.59 Å². The zero-order valence-electron chi connectivity index (χ0n) is 14.8. The predicted molar refractivity (Wildman–Crippen MR) is 89.2 cm³/mol. The molecule has 0 spiro atoms. The number of amides is 2. The summed E-state index contributed by atoms with van der Waals surface area (Å²) in [6.45, 7) is 6.99. The number of nitrogens with zero attached hydrogens (tertiary/aromatic N) is 2. The molecule has 0 bridgehead atoms. The fourth-order valence-electron chi connectivity index (χ4n) is 2.38. The number of rotatable bonds is 7. The minimum atomic E-state index is -0.248. The third-order valence-corrected chi connectivity index (χ3v) is 3.83. The molecule has 0 radical (unpaired) electrons. The van der Waals surface area contributed by atoms with Crippen LogP contribution < -0.4 is 9.47 Å². The van der Waals surface area contributed by atoms with Crippen molar-refractivity contribution in [3.63, 3.8) is 0 Å². The Bertz CT molecular complexity index is 543. The normalized spacial score (nSPS) is 10.2. The first-order valence-corrected chi connectivity index (χ1v) is 7.65. The van der Waals surface area contributed by atoms with Crippen molar-refractivity contribution in [3.05, 3.63) is 23.3 Å². The Morgan fingerprint density at radius 1 is 1.04 bits per heavy atom. The van der Waals surface area contributed by atoms with Gasteiger partial charge in [0.2, 0.25) is 5.91 Å². The van der Waals surface area contributed by atoms with Crippen LogP contribution in [-0.2, 0) is 4.79 Å². The van der Waals surface area contributed by atoms with Crippen LogP contribution in [0.5, 0.6) is 11.5 Å². The second kappa shape index (κ2) is 8.41. The van der Waals surface area contributed by atoms with Crippen molar-refractivity contribution in [2.24, 2.45) is 0 Å². The molecule has 1 aromatic rings. The maximum Gasteiger partial charge on any atom is 0.254 e. The van der Waals surface area contributed by atoms with Gasteiger partial charge < -0.3 is 19.3 Å². The summed E-state index contributed by atoms with van der Waals surface area (Å²) in [6, 6.07) is 3.33. The van der Waals surface area contributed by atoms with Crippen LogP contribution >= 0.6 is 0 Å². The molecule has 1 rings (SSSR count). The van der Waals surface area contributed by atoms with Crippen molar-refractivity contribution in [2.45, 2.75) is 20.8 Å². The largest absolute Gasteiger partial charge is 0.496 e. The zero-order valence-corrected chi connectivity index (χ0v) is 14.8. The quantitative estimate of drug-likeness (QED) is 0.770. The van der Waals surface area contributed by atoms with Gasteiger partial charge in [-0.2, -0.15) is 0 Å². The molecule has 0 saturated carbocycles. The number of carbonyl (C=O) groups is 2. The average Bonchev–Trinajstić information content (AvgIpc) is 2.55. The van der Waals surface area contributed by atoms with Crippen molar-refractivity contribution >= 4 is 11.8 Å². The number of likely N-dealkylation sites (N-methyl/N-ethyl adjacent to an activating group) is 2. The van der Waals surface area contributed by atoms with E-state index in [0.29, 0.717) is 30.2 Å². The van der Waals surface area contributed by atoms with Gasteiger partial charge in [-0.25, -0.2) is 0 Å². The summed E-state index contributed by atoms with van der Waals surface area (Å²) in [6.07, 6.45) is 0. The molecule has 0 heterocycles. The van der Waals surface area contributed by atoms with E-state index in [1.54, 1.807) is 38.3 Å². The lowest BCUT2D eigenvalue weighted by Gasteiger charge is -2.23. The SMILES string of the molecule is CCN(CC)C(=O)CN(C)C(=O)c1cc(OC)c(C)c(OC)c1.